The average Bonchev–Trinajstić information content (AvgIpc) is 2.73. The van der Waals surface area contributed by atoms with Gasteiger partial charge >= 0.3 is 0 Å². The molecule has 1 aliphatic carbocycles. The Labute approximate surface area is 102 Å². The molecule has 0 radical (unpaired) electrons. The molecule has 0 aromatic carbocycles. The first-order valence-corrected chi connectivity index (χ1v) is 6.92. The van der Waals surface area contributed by atoms with Crippen molar-refractivity contribution in [3.8, 4) is 0 Å². The van der Waals surface area contributed by atoms with E-state index in [1.807, 2.05) is 18.4 Å². The van der Waals surface area contributed by atoms with Crippen molar-refractivity contribution in [3.05, 3.63) is 21.9 Å². The second-order valence-electron chi connectivity index (χ2n) is 4.56. The van der Waals surface area contributed by atoms with Crippen molar-refractivity contribution < 1.29 is 4.74 Å². The number of aryl methyl sites for hydroxylation is 1. The van der Waals surface area contributed by atoms with E-state index in [1.165, 1.54) is 35.4 Å². The van der Waals surface area contributed by atoms with E-state index in [0.717, 1.165) is 6.54 Å². The van der Waals surface area contributed by atoms with E-state index in [1.54, 1.807) is 0 Å². The second kappa shape index (κ2) is 5.80. The van der Waals surface area contributed by atoms with Gasteiger partial charge in [0.1, 0.15) is 0 Å². The Balaban J connectivity index is 1.84. The molecule has 0 spiro atoms. The van der Waals surface area contributed by atoms with E-state index in [2.05, 4.69) is 24.4 Å². The predicted molar refractivity (Wildman–Crippen MR) is 68.9 cm³/mol. The molecule has 2 atom stereocenters. The number of ether oxygens (including phenoxy) is 1. The van der Waals surface area contributed by atoms with Gasteiger partial charge in [0.25, 0.3) is 0 Å². The van der Waals surface area contributed by atoms with Gasteiger partial charge in [-0.05, 0) is 31.9 Å². The molecule has 1 aromatic rings. The molecule has 2 unspecified atom stereocenters. The monoisotopic (exact) mass is 239 g/mol. The summed E-state index contributed by atoms with van der Waals surface area (Å²) in [5, 5.41) is 3.64. The van der Waals surface area contributed by atoms with Crippen molar-refractivity contribution >= 4 is 11.3 Å². The summed E-state index contributed by atoms with van der Waals surface area (Å²) in [4.78, 5) is 2.82. The Morgan fingerprint density at radius 2 is 2.19 bits per heavy atom. The van der Waals surface area contributed by atoms with Crippen LogP contribution in [0.5, 0.6) is 0 Å². The third-order valence-electron chi connectivity index (χ3n) is 3.34. The Morgan fingerprint density at radius 1 is 1.38 bits per heavy atom. The first-order valence-electron chi connectivity index (χ1n) is 6.11. The van der Waals surface area contributed by atoms with Gasteiger partial charge in [-0.2, -0.15) is 0 Å². The van der Waals surface area contributed by atoms with Crippen molar-refractivity contribution in [3.63, 3.8) is 0 Å². The summed E-state index contributed by atoms with van der Waals surface area (Å²) in [6.45, 7) is 3.15. The van der Waals surface area contributed by atoms with E-state index in [9.17, 15) is 0 Å². The molecule has 1 N–H and O–H groups in total. The second-order valence-corrected chi connectivity index (χ2v) is 5.93. The maximum Gasteiger partial charge on any atom is 0.0724 e. The lowest BCUT2D eigenvalue weighted by Gasteiger charge is -2.31. The Hall–Kier alpha value is -0.380. The van der Waals surface area contributed by atoms with Crippen LogP contribution in [0.2, 0.25) is 0 Å². The van der Waals surface area contributed by atoms with Crippen LogP contribution < -0.4 is 5.32 Å². The Kier molecular flexibility index (Phi) is 4.38. The van der Waals surface area contributed by atoms with Crippen LogP contribution in [-0.2, 0) is 11.3 Å². The highest BCUT2D eigenvalue weighted by atomic mass is 32.1. The molecule has 1 fully saturated rings. The van der Waals surface area contributed by atoms with Crippen LogP contribution in [0.25, 0.3) is 0 Å². The summed E-state index contributed by atoms with van der Waals surface area (Å²) in [6.07, 6.45) is 5.52. The fourth-order valence-corrected chi connectivity index (χ4v) is 3.27. The molecule has 0 amide bonds. The smallest absolute Gasteiger partial charge is 0.0724 e. The molecule has 16 heavy (non-hydrogen) atoms. The molecule has 1 saturated carbocycles. The Morgan fingerprint density at radius 3 is 2.88 bits per heavy atom. The van der Waals surface area contributed by atoms with Crippen molar-refractivity contribution in [2.75, 3.05) is 7.11 Å². The minimum absolute atomic E-state index is 0.412. The molecule has 1 aliphatic rings. The molecule has 1 aromatic heterocycles. The number of nitrogens with one attached hydrogen (secondary N) is 1. The number of hydrogen-bond donors (Lipinski definition) is 1. The van der Waals surface area contributed by atoms with E-state index in [4.69, 9.17) is 4.74 Å². The third-order valence-corrected chi connectivity index (χ3v) is 4.34. The summed E-state index contributed by atoms with van der Waals surface area (Å²) in [7, 11) is 1.83. The molecule has 0 bridgehead atoms. The van der Waals surface area contributed by atoms with Crippen molar-refractivity contribution in [2.45, 2.75) is 51.3 Å². The highest BCUT2D eigenvalue weighted by Gasteiger charge is 2.24. The lowest BCUT2D eigenvalue weighted by molar-refractivity contribution is 0.0414. The first-order chi connectivity index (χ1) is 7.79. The van der Waals surface area contributed by atoms with Crippen molar-refractivity contribution in [1.82, 2.24) is 5.32 Å². The summed E-state index contributed by atoms with van der Waals surface area (Å²) in [5.74, 6) is 0. The summed E-state index contributed by atoms with van der Waals surface area (Å²) >= 11 is 1.88. The van der Waals surface area contributed by atoms with Gasteiger partial charge in [0.15, 0.2) is 0 Å². The zero-order chi connectivity index (χ0) is 11.4. The maximum atomic E-state index is 5.54. The van der Waals surface area contributed by atoms with Crippen LogP contribution in [-0.4, -0.2) is 19.3 Å². The van der Waals surface area contributed by atoms with Gasteiger partial charge < -0.3 is 10.1 Å². The molecule has 3 heteroatoms. The molecular weight excluding hydrogens is 218 g/mol. The van der Waals surface area contributed by atoms with Gasteiger partial charge in [0.05, 0.1) is 6.10 Å². The van der Waals surface area contributed by atoms with Crippen LogP contribution in [0, 0.1) is 6.92 Å². The van der Waals surface area contributed by atoms with Crippen molar-refractivity contribution in [1.29, 1.82) is 0 Å². The lowest BCUT2D eigenvalue weighted by Crippen LogP contribution is -2.42. The quantitative estimate of drug-likeness (QED) is 0.871. The standard InChI is InChI=1S/C13H21NOS/c1-10-7-8-11(16-10)9-14-12-5-3-4-6-13(12)15-2/h7-8,12-14H,3-6,9H2,1-2H3. The van der Waals surface area contributed by atoms with E-state index >= 15 is 0 Å². The largest absolute Gasteiger partial charge is 0.380 e. The van der Waals surface area contributed by atoms with Gasteiger partial charge in [0, 0.05) is 29.5 Å². The molecule has 2 rings (SSSR count). The molecule has 0 saturated heterocycles. The number of hydrogen-bond acceptors (Lipinski definition) is 3. The van der Waals surface area contributed by atoms with Crippen molar-refractivity contribution in [2.24, 2.45) is 0 Å². The third kappa shape index (κ3) is 3.06. The van der Waals surface area contributed by atoms with Gasteiger partial charge in [-0.3, -0.25) is 0 Å². The predicted octanol–water partition coefficient (Wildman–Crippen LogP) is 3.10. The molecule has 90 valence electrons. The zero-order valence-electron chi connectivity index (χ0n) is 10.2. The van der Waals surface area contributed by atoms with Crippen LogP contribution in [0.1, 0.15) is 35.4 Å². The summed E-state index contributed by atoms with van der Waals surface area (Å²) < 4.78 is 5.54. The minimum Gasteiger partial charge on any atom is -0.380 e. The van der Waals surface area contributed by atoms with Crippen LogP contribution in [0.4, 0.5) is 0 Å². The molecule has 0 aliphatic heterocycles. The maximum absolute atomic E-state index is 5.54. The van der Waals surface area contributed by atoms with Crippen LogP contribution >= 0.6 is 11.3 Å². The van der Waals surface area contributed by atoms with Gasteiger partial charge in [-0.1, -0.05) is 12.8 Å². The van der Waals surface area contributed by atoms with Gasteiger partial charge in [0.2, 0.25) is 0 Å². The fourth-order valence-electron chi connectivity index (χ4n) is 2.42. The average molecular weight is 239 g/mol. The normalized spacial score (nSPS) is 25.9. The van der Waals surface area contributed by atoms with E-state index < -0.39 is 0 Å². The molecular formula is C13H21NOS. The molecule has 1 heterocycles. The van der Waals surface area contributed by atoms with Gasteiger partial charge in [-0.15, -0.1) is 11.3 Å². The summed E-state index contributed by atoms with van der Waals surface area (Å²) in [5.41, 5.74) is 0. The van der Waals surface area contributed by atoms with E-state index in [-0.39, 0.29) is 0 Å². The van der Waals surface area contributed by atoms with Crippen LogP contribution in [0.3, 0.4) is 0 Å². The number of thiophene rings is 1. The fraction of sp³-hybridized carbons (Fsp3) is 0.692. The van der Waals surface area contributed by atoms with Gasteiger partial charge in [-0.25, -0.2) is 0 Å². The molecule has 2 nitrogen and oxygen atoms in total. The topological polar surface area (TPSA) is 21.3 Å². The van der Waals surface area contributed by atoms with Crippen LogP contribution in [0.15, 0.2) is 12.1 Å². The highest BCUT2D eigenvalue weighted by Crippen LogP contribution is 2.22. The zero-order valence-corrected chi connectivity index (χ0v) is 11.0. The SMILES string of the molecule is COC1CCCCC1NCc1ccc(C)s1. The highest BCUT2D eigenvalue weighted by molar-refractivity contribution is 7.11. The summed E-state index contributed by atoms with van der Waals surface area (Å²) in [6, 6.07) is 4.95. The lowest BCUT2D eigenvalue weighted by atomic mass is 9.92. The number of rotatable bonds is 4. The van der Waals surface area contributed by atoms with E-state index in [0.29, 0.717) is 12.1 Å². The number of methoxy groups -OCH3 is 1. The first kappa shape index (κ1) is 12.1. The Bertz CT molecular complexity index is 323. The minimum atomic E-state index is 0.412.